The van der Waals surface area contributed by atoms with Crippen molar-refractivity contribution in [2.75, 3.05) is 26.4 Å². The fourth-order valence-electron chi connectivity index (χ4n) is 7.98. The number of carbonyl (C=O) groups excluding carboxylic acids is 3. The van der Waals surface area contributed by atoms with E-state index in [1.54, 1.807) is 0 Å². The van der Waals surface area contributed by atoms with E-state index in [1.165, 1.54) is 0 Å². The zero-order valence-electron chi connectivity index (χ0n) is 42.6. The molecule has 0 N–H and O–H groups in total. The Morgan fingerprint density at radius 2 is 1.12 bits per heavy atom. The number of aryl methyl sites for hydroxylation is 2. The molecule has 0 aliphatic heterocycles. The summed E-state index contributed by atoms with van der Waals surface area (Å²) in [6, 6.07) is 19.7. The van der Waals surface area contributed by atoms with Gasteiger partial charge in [0, 0.05) is 23.3 Å². The lowest BCUT2D eigenvalue weighted by atomic mass is 9.75. The summed E-state index contributed by atoms with van der Waals surface area (Å²) >= 11 is 0. The molecule has 11 nitrogen and oxygen atoms in total. The van der Waals surface area contributed by atoms with E-state index in [4.69, 9.17) is 37.9 Å². The maximum atomic E-state index is 13.2. The number of carbonyl (C=O) groups is 3. The molecule has 0 aromatic heterocycles. The molecule has 366 valence electrons. The highest BCUT2D eigenvalue weighted by Crippen LogP contribution is 2.49. The number of esters is 3. The minimum Gasteiger partial charge on any atom is -0.489 e. The van der Waals surface area contributed by atoms with Crippen LogP contribution in [0.4, 0.5) is 0 Å². The Morgan fingerprint density at radius 1 is 0.618 bits per heavy atom. The molecule has 3 aromatic rings. The van der Waals surface area contributed by atoms with Crippen LogP contribution in [0.1, 0.15) is 129 Å². The zero-order chi connectivity index (χ0) is 50.2. The molecule has 0 bridgehead atoms. The van der Waals surface area contributed by atoms with Crippen LogP contribution in [0.15, 0.2) is 115 Å². The van der Waals surface area contributed by atoms with E-state index < -0.39 is 40.6 Å². The van der Waals surface area contributed by atoms with Crippen molar-refractivity contribution < 1.29 is 52.3 Å². The van der Waals surface area contributed by atoms with Crippen molar-refractivity contribution in [2.45, 2.75) is 138 Å². The lowest BCUT2D eigenvalue weighted by Gasteiger charge is -2.32. The van der Waals surface area contributed by atoms with Crippen LogP contribution >= 0.6 is 0 Å². The van der Waals surface area contributed by atoms with E-state index in [2.05, 4.69) is 36.9 Å². The molecule has 3 atom stereocenters. The van der Waals surface area contributed by atoms with Gasteiger partial charge in [0.2, 0.25) is 0 Å². The van der Waals surface area contributed by atoms with E-state index in [0.29, 0.717) is 35.2 Å². The molecule has 0 amide bonds. The topological polar surface area (TPSA) is 125 Å². The van der Waals surface area contributed by atoms with Crippen molar-refractivity contribution >= 4 is 23.5 Å². The number of hydrogen-bond acceptors (Lipinski definition) is 11. The van der Waals surface area contributed by atoms with Crippen molar-refractivity contribution in [3.63, 3.8) is 0 Å². The quantitative estimate of drug-likeness (QED) is 0.0687. The van der Waals surface area contributed by atoms with E-state index >= 15 is 0 Å². The summed E-state index contributed by atoms with van der Waals surface area (Å²) in [6.07, 6.45) is 11.3. The maximum Gasteiger partial charge on any atom is 0.344 e. The Bertz CT molecular complexity index is 2400. The van der Waals surface area contributed by atoms with Gasteiger partial charge in [0.1, 0.15) is 57.8 Å². The average Bonchev–Trinajstić information content (AvgIpc) is 3.69. The number of benzene rings is 3. The Hall–Kier alpha value is -6.23. The minimum absolute atomic E-state index is 0.121. The van der Waals surface area contributed by atoms with Crippen LogP contribution < -0.4 is 14.2 Å². The molecule has 3 unspecified atom stereocenters. The van der Waals surface area contributed by atoms with Crippen LogP contribution in [-0.4, -0.2) is 66.7 Å². The lowest BCUT2D eigenvalue weighted by Crippen LogP contribution is -2.28. The molecule has 0 saturated heterocycles. The van der Waals surface area contributed by atoms with Crippen molar-refractivity contribution in [1.29, 1.82) is 0 Å². The second-order valence-electron chi connectivity index (χ2n) is 21.3. The molecule has 68 heavy (non-hydrogen) atoms. The summed E-state index contributed by atoms with van der Waals surface area (Å²) < 4.78 is 47.3. The Labute approximate surface area is 404 Å². The minimum atomic E-state index is -0.703. The zero-order valence-corrected chi connectivity index (χ0v) is 42.6. The van der Waals surface area contributed by atoms with Gasteiger partial charge in [-0.3, -0.25) is 0 Å². The molecule has 0 fully saturated rings. The summed E-state index contributed by atoms with van der Waals surface area (Å²) in [7, 11) is 0. The number of rotatable bonds is 18. The summed E-state index contributed by atoms with van der Waals surface area (Å²) in [5.41, 5.74) is 4.12. The largest absolute Gasteiger partial charge is 0.489 e. The van der Waals surface area contributed by atoms with Gasteiger partial charge in [-0.1, -0.05) is 72.8 Å². The summed E-state index contributed by atoms with van der Waals surface area (Å²) in [5.74, 6) is 0.626. The van der Waals surface area contributed by atoms with Crippen LogP contribution in [0.25, 0.3) is 5.57 Å². The van der Waals surface area contributed by atoms with E-state index in [1.807, 2.05) is 158 Å². The molecule has 0 saturated carbocycles. The Balaban J connectivity index is 1.58. The third-order valence-corrected chi connectivity index (χ3v) is 10.2. The van der Waals surface area contributed by atoms with Gasteiger partial charge < -0.3 is 37.9 Å². The smallest absolute Gasteiger partial charge is 0.344 e. The van der Waals surface area contributed by atoms with Gasteiger partial charge in [0.05, 0.1) is 0 Å². The van der Waals surface area contributed by atoms with E-state index in [-0.39, 0.29) is 43.9 Å². The van der Waals surface area contributed by atoms with Crippen LogP contribution in [0.2, 0.25) is 0 Å². The van der Waals surface area contributed by atoms with Gasteiger partial charge in [0.15, 0.2) is 19.8 Å². The van der Waals surface area contributed by atoms with Gasteiger partial charge in [0.25, 0.3) is 0 Å². The molecular formula is C57H72O11. The predicted molar refractivity (Wildman–Crippen MR) is 266 cm³/mol. The predicted octanol–water partition coefficient (Wildman–Crippen LogP) is 12.2. The van der Waals surface area contributed by atoms with Gasteiger partial charge in [-0.2, -0.15) is 0 Å². The standard InChI is InChI=1S/C57H72O11/c1-36-28-37(2)53(64-35-51(60)68-57(13,14)15)47(29-36)52(43-17-16-41(30-43)39-18-23-44(24-19-39)61-32-38(3)65-54(4,5)6)46-31-42(22-27-48(46)63-34-50(59)67-56(10,11)12)40-20-25-45(26-21-40)62-33-49(58)66-55(7,8)9/h16-21,23-31,42-43,52H,3,22,32-35H2,1-2,4-15H3. The Kier molecular flexibility index (Phi) is 16.9. The molecule has 5 rings (SSSR count). The first-order valence-corrected chi connectivity index (χ1v) is 23.3. The van der Waals surface area contributed by atoms with E-state index in [9.17, 15) is 14.4 Å². The summed E-state index contributed by atoms with van der Waals surface area (Å²) in [4.78, 5) is 38.7. The fraction of sp³-hybridized carbons (Fsp3) is 0.456. The van der Waals surface area contributed by atoms with Crippen LogP contribution in [-0.2, 0) is 38.1 Å². The first-order chi connectivity index (χ1) is 31.6. The first kappa shape index (κ1) is 52.7. The first-order valence-electron chi connectivity index (χ1n) is 23.3. The highest BCUT2D eigenvalue weighted by molar-refractivity contribution is 5.78. The van der Waals surface area contributed by atoms with Crippen LogP contribution in [0.3, 0.4) is 0 Å². The summed E-state index contributed by atoms with van der Waals surface area (Å²) in [5, 5.41) is 0. The van der Waals surface area contributed by atoms with Gasteiger partial charge >= 0.3 is 17.9 Å². The van der Waals surface area contributed by atoms with Crippen molar-refractivity contribution in [2.24, 2.45) is 5.92 Å². The van der Waals surface area contributed by atoms with Crippen LogP contribution in [0, 0.1) is 19.8 Å². The molecule has 0 spiro atoms. The highest BCUT2D eigenvalue weighted by Gasteiger charge is 2.35. The van der Waals surface area contributed by atoms with Crippen molar-refractivity contribution in [3.8, 4) is 17.2 Å². The lowest BCUT2D eigenvalue weighted by molar-refractivity contribution is -0.159. The van der Waals surface area contributed by atoms with Gasteiger partial charge in [-0.25, -0.2) is 14.4 Å². The SMILES string of the molecule is C=C(COc1ccc(C2=CC(C(C3=CC(c4ccc(OCC(=O)OC(C)(C)C)cc4)CC=C3OCC(=O)OC(C)(C)C)c3cc(C)cc(C)c3OCC(=O)OC(C)(C)C)C=C2)cc1)OC(C)(C)C. The molecule has 0 heterocycles. The van der Waals surface area contributed by atoms with Crippen molar-refractivity contribution in [1.82, 2.24) is 0 Å². The summed E-state index contributed by atoms with van der Waals surface area (Å²) in [6.45, 7) is 29.7. The molecule has 2 aliphatic rings. The van der Waals surface area contributed by atoms with Crippen LogP contribution in [0.5, 0.6) is 17.2 Å². The number of ether oxygens (including phenoxy) is 8. The monoisotopic (exact) mass is 933 g/mol. The second-order valence-corrected chi connectivity index (χ2v) is 21.3. The Morgan fingerprint density at radius 3 is 1.66 bits per heavy atom. The third kappa shape index (κ3) is 16.5. The van der Waals surface area contributed by atoms with E-state index in [0.717, 1.165) is 39.0 Å². The van der Waals surface area contributed by atoms with Gasteiger partial charge in [-0.05, 0) is 162 Å². The normalized spacial score (nSPS) is 16.6. The maximum absolute atomic E-state index is 13.2. The highest BCUT2D eigenvalue weighted by atomic mass is 16.6. The molecule has 0 radical (unpaired) electrons. The molecule has 11 heteroatoms. The van der Waals surface area contributed by atoms with Crippen molar-refractivity contribution in [3.05, 3.63) is 143 Å². The molecule has 3 aromatic carbocycles. The van der Waals surface area contributed by atoms with Gasteiger partial charge in [-0.15, -0.1) is 0 Å². The fourth-order valence-corrected chi connectivity index (χ4v) is 7.98. The second kappa shape index (κ2) is 21.8. The molecular weight excluding hydrogens is 861 g/mol. The average molecular weight is 933 g/mol. The number of allylic oxidation sites excluding steroid dienone is 7. The third-order valence-electron chi connectivity index (χ3n) is 10.2. The molecule has 2 aliphatic carbocycles. The number of hydrogen-bond donors (Lipinski definition) is 0.